The number of aromatic amines is 1. The number of benzene rings is 2. The summed E-state index contributed by atoms with van der Waals surface area (Å²) >= 11 is 1.62. The highest BCUT2D eigenvalue weighted by molar-refractivity contribution is 7.13. The van der Waals surface area contributed by atoms with E-state index in [4.69, 9.17) is 15.5 Å². The first-order chi connectivity index (χ1) is 14.0. The predicted octanol–water partition coefficient (Wildman–Crippen LogP) is 4.97. The summed E-state index contributed by atoms with van der Waals surface area (Å²) in [5, 5.41) is 4.24. The summed E-state index contributed by atoms with van der Waals surface area (Å²) in [4.78, 5) is 10.4. The Kier molecular flexibility index (Phi) is 5.41. The second kappa shape index (κ2) is 7.99. The molecule has 3 N–H and O–H groups in total. The summed E-state index contributed by atoms with van der Waals surface area (Å²) in [6, 6.07) is 14.3. The smallest absolute Gasteiger partial charge is 0.124 e. The topological polar surface area (TPSA) is 67.2 Å². The lowest BCUT2D eigenvalue weighted by molar-refractivity contribution is 0.323. The molecular weight excluding hydrogens is 380 g/mol. The van der Waals surface area contributed by atoms with Gasteiger partial charge in [0.25, 0.3) is 0 Å². The van der Waals surface area contributed by atoms with Crippen molar-refractivity contribution in [3.63, 3.8) is 0 Å². The van der Waals surface area contributed by atoms with Crippen LogP contribution < -0.4 is 10.5 Å². The van der Waals surface area contributed by atoms with Crippen LogP contribution in [0.3, 0.4) is 0 Å². The normalized spacial score (nSPS) is 13.7. The van der Waals surface area contributed by atoms with E-state index in [2.05, 4.69) is 55.3 Å². The molecule has 4 rings (SSSR count). The lowest BCUT2D eigenvalue weighted by Gasteiger charge is -2.19. The monoisotopic (exact) mass is 406 g/mol. The second-order valence-electron chi connectivity index (χ2n) is 7.44. The summed E-state index contributed by atoms with van der Waals surface area (Å²) in [5.74, 6) is 0.783. The van der Waals surface area contributed by atoms with E-state index in [0.717, 1.165) is 33.1 Å². The van der Waals surface area contributed by atoms with Crippen LogP contribution in [0.15, 0.2) is 54.0 Å². The molecule has 2 heterocycles. The Morgan fingerprint density at radius 1 is 1.14 bits per heavy atom. The number of hydrogen-bond acceptors (Lipinski definition) is 5. The molecule has 0 radical (unpaired) electrons. The Morgan fingerprint density at radius 3 is 2.69 bits per heavy atom. The van der Waals surface area contributed by atoms with E-state index >= 15 is 0 Å². The van der Waals surface area contributed by atoms with Gasteiger partial charge in [-0.3, -0.25) is 0 Å². The average molecular weight is 407 g/mol. The van der Waals surface area contributed by atoms with Gasteiger partial charge in [0.2, 0.25) is 0 Å². The number of para-hydroxylation sites is 1. The fourth-order valence-corrected chi connectivity index (χ4v) is 4.40. The van der Waals surface area contributed by atoms with Gasteiger partial charge in [0.1, 0.15) is 10.8 Å². The largest absolute Gasteiger partial charge is 0.496 e. The summed E-state index contributed by atoms with van der Waals surface area (Å²) < 4.78 is 5.46. The number of nitrogens with zero attached hydrogens (tertiary/aromatic N) is 2. The number of thiazole rings is 1. The SMILES string of the molecule is COc1ccccc1C(N)c1csc(-c2ccc3[nH]cc(C(C)N(C)C)c3c2)n1. The molecule has 2 unspecified atom stereocenters. The summed E-state index contributed by atoms with van der Waals surface area (Å²) in [5.41, 5.74) is 11.8. The van der Waals surface area contributed by atoms with Gasteiger partial charge in [-0.2, -0.15) is 0 Å². The molecule has 5 nitrogen and oxygen atoms in total. The number of nitrogens with two attached hydrogens (primary N) is 1. The number of ether oxygens (including phenoxy) is 1. The highest BCUT2D eigenvalue weighted by atomic mass is 32.1. The standard InChI is InChI=1S/C23H26N4OS/c1-14(27(2)3)18-12-25-19-10-9-15(11-17(18)19)23-26-20(13-29-23)22(24)16-7-5-6-8-21(16)28-4/h5-14,22,25H,24H2,1-4H3. The van der Waals surface area contributed by atoms with Crippen LogP contribution in [0.2, 0.25) is 0 Å². The van der Waals surface area contributed by atoms with Crippen LogP contribution in [0.1, 0.15) is 35.8 Å². The molecule has 0 saturated carbocycles. The molecule has 0 aliphatic carbocycles. The molecular formula is C23H26N4OS. The summed E-state index contributed by atoms with van der Waals surface area (Å²) in [7, 11) is 5.86. The zero-order chi connectivity index (χ0) is 20.5. The first-order valence-electron chi connectivity index (χ1n) is 9.61. The van der Waals surface area contributed by atoms with Gasteiger partial charge in [0.15, 0.2) is 0 Å². The molecule has 0 saturated heterocycles. The fraction of sp³-hybridized carbons (Fsp3) is 0.261. The maximum Gasteiger partial charge on any atom is 0.124 e. The first-order valence-corrected chi connectivity index (χ1v) is 10.5. The van der Waals surface area contributed by atoms with Crippen LogP contribution in [0.5, 0.6) is 5.75 Å². The Hall–Kier alpha value is -2.67. The minimum absolute atomic E-state index is 0.323. The molecule has 6 heteroatoms. The van der Waals surface area contributed by atoms with E-state index in [1.54, 1.807) is 18.4 Å². The van der Waals surface area contributed by atoms with Gasteiger partial charge >= 0.3 is 0 Å². The Balaban J connectivity index is 1.69. The van der Waals surface area contributed by atoms with Crippen molar-refractivity contribution in [2.24, 2.45) is 5.73 Å². The van der Waals surface area contributed by atoms with Crippen molar-refractivity contribution in [2.75, 3.05) is 21.2 Å². The van der Waals surface area contributed by atoms with Crippen LogP contribution >= 0.6 is 11.3 Å². The van der Waals surface area contributed by atoms with Gasteiger partial charge in [-0.05, 0) is 50.8 Å². The molecule has 0 bridgehead atoms. The Labute approximate surface area is 175 Å². The number of hydrogen-bond donors (Lipinski definition) is 2. The molecule has 0 aliphatic rings. The quantitative estimate of drug-likeness (QED) is 0.474. The van der Waals surface area contributed by atoms with Crippen LogP contribution in [-0.4, -0.2) is 36.1 Å². The lowest BCUT2D eigenvalue weighted by Crippen LogP contribution is -2.16. The van der Waals surface area contributed by atoms with Gasteiger partial charge in [0, 0.05) is 39.6 Å². The Bertz CT molecular complexity index is 1130. The van der Waals surface area contributed by atoms with Gasteiger partial charge < -0.3 is 20.4 Å². The number of fused-ring (bicyclic) bond motifs is 1. The maximum absolute atomic E-state index is 6.51. The van der Waals surface area contributed by atoms with E-state index < -0.39 is 0 Å². The van der Waals surface area contributed by atoms with Crippen LogP contribution in [0.4, 0.5) is 0 Å². The molecule has 2 aromatic heterocycles. The van der Waals surface area contributed by atoms with Crippen molar-refractivity contribution >= 4 is 22.2 Å². The average Bonchev–Trinajstić information content (AvgIpc) is 3.39. The molecule has 2 atom stereocenters. The molecule has 0 fully saturated rings. The number of rotatable bonds is 6. The van der Waals surface area contributed by atoms with Crippen molar-refractivity contribution in [3.8, 4) is 16.3 Å². The molecule has 150 valence electrons. The molecule has 4 aromatic rings. The van der Waals surface area contributed by atoms with Crippen molar-refractivity contribution in [1.29, 1.82) is 0 Å². The molecule has 2 aromatic carbocycles. The highest BCUT2D eigenvalue weighted by Crippen LogP contribution is 2.34. The maximum atomic E-state index is 6.51. The fourth-order valence-electron chi connectivity index (χ4n) is 3.54. The third-order valence-electron chi connectivity index (χ3n) is 5.50. The number of H-pyrrole nitrogens is 1. The van der Waals surface area contributed by atoms with Gasteiger partial charge in [0.05, 0.1) is 18.8 Å². The van der Waals surface area contributed by atoms with E-state index in [0.29, 0.717) is 6.04 Å². The Morgan fingerprint density at radius 2 is 1.93 bits per heavy atom. The number of aromatic nitrogens is 2. The minimum atomic E-state index is -0.323. The second-order valence-corrected chi connectivity index (χ2v) is 8.30. The third kappa shape index (κ3) is 3.67. The van der Waals surface area contributed by atoms with Gasteiger partial charge in [-0.1, -0.05) is 18.2 Å². The van der Waals surface area contributed by atoms with Crippen LogP contribution in [0.25, 0.3) is 21.5 Å². The van der Waals surface area contributed by atoms with Crippen molar-refractivity contribution in [2.45, 2.75) is 19.0 Å². The molecule has 0 spiro atoms. The van der Waals surface area contributed by atoms with Crippen molar-refractivity contribution in [3.05, 3.63) is 70.9 Å². The van der Waals surface area contributed by atoms with Crippen molar-refractivity contribution < 1.29 is 4.74 Å². The predicted molar refractivity (Wildman–Crippen MR) is 121 cm³/mol. The van der Waals surface area contributed by atoms with Crippen LogP contribution in [-0.2, 0) is 0 Å². The van der Waals surface area contributed by atoms with E-state index in [9.17, 15) is 0 Å². The number of methoxy groups -OCH3 is 1. The number of nitrogens with one attached hydrogen (secondary N) is 1. The summed E-state index contributed by atoms with van der Waals surface area (Å²) in [6.07, 6.45) is 2.10. The van der Waals surface area contributed by atoms with Gasteiger partial charge in [-0.25, -0.2) is 4.98 Å². The van der Waals surface area contributed by atoms with Crippen molar-refractivity contribution in [1.82, 2.24) is 14.9 Å². The molecule has 29 heavy (non-hydrogen) atoms. The molecule has 0 amide bonds. The third-order valence-corrected chi connectivity index (χ3v) is 6.41. The minimum Gasteiger partial charge on any atom is -0.496 e. The molecule has 0 aliphatic heterocycles. The van der Waals surface area contributed by atoms with E-state index in [-0.39, 0.29) is 6.04 Å². The highest BCUT2D eigenvalue weighted by Gasteiger charge is 2.18. The van der Waals surface area contributed by atoms with E-state index in [1.807, 2.05) is 29.6 Å². The summed E-state index contributed by atoms with van der Waals surface area (Å²) in [6.45, 7) is 2.21. The van der Waals surface area contributed by atoms with Crippen LogP contribution in [0, 0.1) is 0 Å². The van der Waals surface area contributed by atoms with E-state index in [1.165, 1.54) is 10.9 Å². The zero-order valence-corrected chi connectivity index (χ0v) is 18.0. The zero-order valence-electron chi connectivity index (χ0n) is 17.1. The first kappa shape index (κ1) is 19.6. The van der Waals surface area contributed by atoms with Gasteiger partial charge in [-0.15, -0.1) is 11.3 Å². The lowest BCUT2D eigenvalue weighted by atomic mass is 10.0.